The maximum Gasteiger partial charge on any atom is 0.418 e. The smallest absolute Gasteiger partial charge is 0.358 e. The number of aromatic amines is 1. The van der Waals surface area contributed by atoms with Crippen LogP contribution in [-0.4, -0.2) is 64.3 Å². The monoisotopic (exact) mass is 742 g/mol. The Kier molecular flexibility index (Phi) is 12.5. The van der Waals surface area contributed by atoms with Crippen molar-refractivity contribution in [2.24, 2.45) is 11.8 Å². The molecule has 0 bridgehead atoms. The second kappa shape index (κ2) is 16.7. The fraction of sp³-hybridized carbons (Fsp3) is 0.538. The molecular formula is C39H50F4N6O4. The summed E-state index contributed by atoms with van der Waals surface area (Å²) in [5, 5.41) is 10.7. The molecule has 53 heavy (non-hydrogen) atoms. The Morgan fingerprint density at radius 3 is 2.19 bits per heavy atom. The third-order valence-corrected chi connectivity index (χ3v) is 10.9. The van der Waals surface area contributed by atoms with Crippen molar-refractivity contribution >= 4 is 34.5 Å². The number of nitrogens with zero attached hydrogens (tertiary/aromatic N) is 1. The number of benzene rings is 2. The average molecular weight is 743 g/mol. The van der Waals surface area contributed by atoms with Crippen molar-refractivity contribution in [1.29, 1.82) is 0 Å². The Morgan fingerprint density at radius 1 is 0.887 bits per heavy atom. The van der Waals surface area contributed by atoms with E-state index in [1.165, 1.54) is 24.3 Å². The lowest BCUT2D eigenvalue weighted by atomic mass is 9.78. The van der Waals surface area contributed by atoms with Gasteiger partial charge >= 0.3 is 6.18 Å². The van der Waals surface area contributed by atoms with Crippen molar-refractivity contribution < 1.29 is 36.7 Å². The molecule has 0 saturated carbocycles. The molecule has 10 nitrogen and oxygen atoms in total. The minimum absolute atomic E-state index is 0.00309. The highest BCUT2D eigenvalue weighted by Crippen LogP contribution is 2.40. The highest BCUT2D eigenvalue weighted by molar-refractivity contribution is 5.98. The Morgan fingerprint density at radius 2 is 1.55 bits per heavy atom. The number of hydrogen-bond donors (Lipinski definition) is 5. The van der Waals surface area contributed by atoms with E-state index in [4.69, 9.17) is 0 Å². The van der Waals surface area contributed by atoms with E-state index >= 15 is 0 Å². The van der Waals surface area contributed by atoms with Crippen LogP contribution in [-0.2, 0) is 44.6 Å². The second-order valence-corrected chi connectivity index (χ2v) is 14.6. The lowest BCUT2D eigenvalue weighted by molar-refractivity contribution is -0.140. The zero-order valence-corrected chi connectivity index (χ0v) is 30.7. The van der Waals surface area contributed by atoms with E-state index in [-0.39, 0.29) is 48.1 Å². The van der Waals surface area contributed by atoms with Crippen LogP contribution in [0.2, 0.25) is 0 Å². The number of amides is 4. The molecule has 2 heterocycles. The summed E-state index contributed by atoms with van der Waals surface area (Å²) in [6.45, 7) is 8.69. The van der Waals surface area contributed by atoms with Crippen LogP contribution in [0, 0.1) is 17.7 Å². The molecule has 2 unspecified atom stereocenters. The summed E-state index contributed by atoms with van der Waals surface area (Å²) in [6.07, 6.45) is -1.07. The van der Waals surface area contributed by atoms with Crippen molar-refractivity contribution in [1.82, 2.24) is 31.4 Å². The van der Waals surface area contributed by atoms with Gasteiger partial charge < -0.3 is 20.9 Å². The number of hydrazine groups is 1. The zero-order valence-electron chi connectivity index (χ0n) is 30.7. The maximum atomic E-state index is 14.7. The van der Waals surface area contributed by atoms with E-state index in [9.17, 15) is 36.7 Å². The van der Waals surface area contributed by atoms with Gasteiger partial charge in [-0.3, -0.25) is 24.6 Å². The number of hydrogen-bond acceptors (Lipinski definition) is 5. The summed E-state index contributed by atoms with van der Waals surface area (Å²) in [7, 11) is 0. The molecule has 5 rings (SSSR count). The maximum absolute atomic E-state index is 14.7. The van der Waals surface area contributed by atoms with Crippen molar-refractivity contribution in [3.63, 3.8) is 0 Å². The number of halogens is 4. The summed E-state index contributed by atoms with van der Waals surface area (Å²) in [6, 6.07) is 7.57. The number of rotatable bonds is 13. The highest BCUT2D eigenvalue weighted by Gasteiger charge is 2.47. The fourth-order valence-corrected chi connectivity index (χ4v) is 7.33. The first kappa shape index (κ1) is 39.7. The van der Waals surface area contributed by atoms with Crippen molar-refractivity contribution in [3.05, 3.63) is 70.7 Å². The van der Waals surface area contributed by atoms with Crippen LogP contribution in [0.4, 0.5) is 17.6 Å². The van der Waals surface area contributed by atoms with Gasteiger partial charge in [0.05, 0.1) is 17.5 Å². The first-order valence-electron chi connectivity index (χ1n) is 18.6. The van der Waals surface area contributed by atoms with Crippen LogP contribution in [0.3, 0.4) is 0 Å². The number of carbonyl (C=O) groups excluding carboxylic acids is 4. The SMILES string of the molecule is CCC(C)[C@H](NC(=O)Cc1ccccc1F)C(=O)N[C@]1(C(=O)NC(C(=O)NN2CCCCC2)[C@@H](C)CC)CCc2[nH]c3c(C(F)(F)F)cccc3c2C1. The quantitative estimate of drug-likeness (QED) is 0.148. The minimum atomic E-state index is -4.63. The fourth-order valence-electron chi connectivity index (χ4n) is 7.33. The summed E-state index contributed by atoms with van der Waals surface area (Å²) >= 11 is 0. The molecular weight excluding hydrogens is 692 g/mol. The molecule has 14 heteroatoms. The predicted molar refractivity (Wildman–Crippen MR) is 193 cm³/mol. The topological polar surface area (TPSA) is 135 Å². The normalized spacial score (nSPS) is 20.1. The summed E-state index contributed by atoms with van der Waals surface area (Å²) in [4.78, 5) is 58.9. The van der Waals surface area contributed by atoms with Crippen LogP contribution >= 0.6 is 0 Å². The van der Waals surface area contributed by atoms with Crippen molar-refractivity contribution in [2.45, 2.75) is 109 Å². The van der Waals surface area contributed by atoms with E-state index in [1.807, 2.05) is 25.8 Å². The Balaban J connectivity index is 1.49. The number of para-hydroxylation sites is 1. The Hall–Kier alpha value is -4.46. The number of aryl methyl sites for hydroxylation is 1. The van der Waals surface area contributed by atoms with E-state index in [0.29, 0.717) is 37.2 Å². The summed E-state index contributed by atoms with van der Waals surface area (Å²) in [5.74, 6) is -3.60. The molecule has 0 spiro atoms. The van der Waals surface area contributed by atoms with Gasteiger partial charge in [-0.15, -0.1) is 0 Å². The molecule has 2 aliphatic rings. The number of piperidine rings is 1. The minimum Gasteiger partial charge on any atom is -0.358 e. The largest absolute Gasteiger partial charge is 0.418 e. The molecule has 1 fully saturated rings. The van der Waals surface area contributed by atoms with Gasteiger partial charge in [0.15, 0.2) is 0 Å². The lowest BCUT2D eigenvalue weighted by Crippen LogP contribution is -2.67. The number of aromatic nitrogens is 1. The Bertz CT molecular complexity index is 1810. The van der Waals surface area contributed by atoms with Gasteiger partial charge in [0.2, 0.25) is 17.7 Å². The van der Waals surface area contributed by atoms with Crippen molar-refractivity contribution in [2.75, 3.05) is 13.1 Å². The number of fused-ring (bicyclic) bond motifs is 3. The number of carbonyl (C=O) groups is 4. The van der Waals surface area contributed by atoms with Crippen LogP contribution < -0.4 is 21.4 Å². The van der Waals surface area contributed by atoms with E-state index < -0.39 is 64.7 Å². The molecule has 0 radical (unpaired) electrons. The van der Waals surface area contributed by atoms with E-state index in [0.717, 1.165) is 25.3 Å². The van der Waals surface area contributed by atoms with Gasteiger partial charge in [0, 0.05) is 30.6 Å². The molecule has 288 valence electrons. The van der Waals surface area contributed by atoms with Gasteiger partial charge in [-0.05, 0) is 60.8 Å². The molecule has 1 aliphatic carbocycles. The van der Waals surface area contributed by atoms with Crippen molar-refractivity contribution in [3.8, 4) is 0 Å². The summed E-state index contributed by atoms with van der Waals surface area (Å²) < 4.78 is 56.6. The first-order valence-corrected chi connectivity index (χ1v) is 18.6. The second-order valence-electron chi connectivity index (χ2n) is 14.6. The average Bonchev–Trinajstić information content (AvgIpc) is 3.50. The molecule has 4 amide bonds. The lowest BCUT2D eigenvalue weighted by Gasteiger charge is -2.40. The van der Waals surface area contributed by atoms with Crippen LogP contribution in [0.15, 0.2) is 42.5 Å². The molecule has 5 atom stereocenters. The third-order valence-electron chi connectivity index (χ3n) is 10.9. The predicted octanol–water partition coefficient (Wildman–Crippen LogP) is 5.49. The van der Waals surface area contributed by atoms with Gasteiger partial charge in [-0.25, -0.2) is 9.40 Å². The van der Waals surface area contributed by atoms with Crippen LogP contribution in [0.1, 0.15) is 88.6 Å². The van der Waals surface area contributed by atoms with Gasteiger partial charge in [-0.1, -0.05) is 77.3 Å². The molecule has 1 saturated heterocycles. The van der Waals surface area contributed by atoms with Gasteiger partial charge in [0.1, 0.15) is 23.4 Å². The van der Waals surface area contributed by atoms with Crippen LogP contribution in [0.25, 0.3) is 10.9 Å². The number of nitrogens with one attached hydrogen (secondary N) is 5. The first-order chi connectivity index (χ1) is 25.2. The van der Waals surface area contributed by atoms with E-state index in [2.05, 4.69) is 26.4 Å². The van der Waals surface area contributed by atoms with Crippen LogP contribution in [0.5, 0.6) is 0 Å². The Labute approximate surface area is 307 Å². The molecule has 2 aromatic carbocycles. The highest BCUT2D eigenvalue weighted by atomic mass is 19.4. The number of H-pyrrole nitrogens is 1. The molecule has 5 N–H and O–H groups in total. The summed E-state index contributed by atoms with van der Waals surface area (Å²) in [5.41, 5.74) is 1.42. The standard InChI is InChI=1S/C39H50F4N6O4/c1-5-23(3)32(45-31(50)21-25-13-8-9-16-29(25)40)35(51)47-38(37(53)46-33(24(4)6-2)36(52)48-49-19-10-7-11-20-49)18-17-30-27(22-38)26-14-12-15-28(34(26)44-30)39(41,42)43/h8-9,12-16,23-24,32-33,44H,5-7,10-11,17-22H2,1-4H3,(H,45,50)(H,46,53)(H,47,51)(H,48,52)/t23?,24-,32-,33?,38+/m0/s1. The van der Waals surface area contributed by atoms with E-state index in [1.54, 1.807) is 19.1 Å². The zero-order chi connectivity index (χ0) is 38.5. The molecule has 3 aromatic rings. The van der Waals surface area contributed by atoms with Gasteiger partial charge in [-0.2, -0.15) is 13.2 Å². The number of alkyl halides is 3. The molecule has 1 aliphatic heterocycles. The van der Waals surface area contributed by atoms with Gasteiger partial charge in [0.25, 0.3) is 5.91 Å². The molecule has 1 aromatic heterocycles. The third kappa shape index (κ3) is 9.02.